The smallest absolute Gasteiger partial charge is 0.125 e. The maximum absolute atomic E-state index is 13.0. The Labute approximate surface area is 86.8 Å². The van der Waals surface area contributed by atoms with Crippen LogP contribution < -0.4 is 0 Å². The van der Waals surface area contributed by atoms with Crippen molar-refractivity contribution in [2.24, 2.45) is 0 Å². The van der Waals surface area contributed by atoms with Crippen LogP contribution in [0.4, 0.5) is 4.39 Å². The summed E-state index contributed by atoms with van der Waals surface area (Å²) >= 11 is 0. The van der Waals surface area contributed by atoms with Gasteiger partial charge in [-0.2, -0.15) is 5.10 Å². The molecule has 0 fully saturated rings. The fourth-order valence-electron chi connectivity index (χ4n) is 1.53. The predicted molar refractivity (Wildman–Crippen MR) is 55.0 cm³/mol. The van der Waals surface area contributed by atoms with Crippen LogP contribution >= 0.6 is 0 Å². The molecule has 15 heavy (non-hydrogen) atoms. The number of nitrogens with zero attached hydrogens (tertiary/aromatic N) is 2. The van der Waals surface area contributed by atoms with Crippen LogP contribution in [-0.4, -0.2) is 14.9 Å². The first kappa shape index (κ1) is 9.71. The highest BCUT2D eigenvalue weighted by Crippen LogP contribution is 2.29. The van der Waals surface area contributed by atoms with Crippen molar-refractivity contribution in [2.75, 3.05) is 0 Å². The van der Waals surface area contributed by atoms with Gasteiger partial charge in [-0.3, -0.25) is 4.68 Å². The fourth-order valence-corrected chi connectivity index (χ4v) is 1.53. The topological polar surface area (TPSA) is 38.0 Å². The van der Waals surface area contributed by atoms with Gasteiger partial charge in [0.2, 0.25) is 0 Å². The average molecular weight is 206 g/mol. The molecule has 0 amide bonds. The van der Waals surface area contributed by atoms with Crippen molar-refractivity contribution in [3.05, 3.63) is 36.3 Å². The SMILES string of the molecule is CCn1nccc1-c1cc(F)ccc1O. The first-order chi connectivity index (χ1) is 7.22. The Morgan fingerprint density at radius 3 is 2.93 bits per heavy atom. The minimum Gasteiger partial charge on any atom is -0.507 e. The maximum atomic E-state index is 13.0. The molecule has 4 heteroatoms. The largest absolute Gasteiger partial charge is 0.507 e. The van der Waals surface area contributed by atoms with Crippen LogP contribution in [0.2, 0.25) is 0 Å². The zero-order valence-electron chi connectivity index (χ0n) is 8.31. The molecule has 0 saturated carbocycles. The Kier molecular flexibility index (Phi) is 2.41. The van der Waals surface area contributed by atoms with Crippen LogP contribution in [-0.2, 0) is 6.54 Å². The van der Waals surface area contributed by atoms with E-state index in [1.807, 2.05) is 6.92 Å². The molecule has 0 bridgehead atoms. The van der Waals surface area contributed by atoms with E-state index in [0.717, 1.165) is 5.69 Å². The molecule has 0 unspecified atom stereocenters. The number of phenolic OH excluding ortho intramolecular Hbond substituents is 1. The summed E-state index contributed by atoms with van der Waals surface area (Å²) in [5.74, 6) is -0.307. The van der Waals surface area contributed by atoms with E-state index in [1.165, 1.54) is 18.2 Å². The average Bonchev–Trinajstić information content (AvgIpc) is 2.69. The molecule has 1 heterocycles. The molecule has 1 aromatic heterocycles. The van der Waals surface area contributed by atoms with Gasteiger partial charge in [0.05, 0.1) is 5.69 Å². The maximum Gasteiger partial charge on any atom is 0.125 e. The molecule has 0 spiro atoms. The number of hydrogen-bond donors (Lipinski definition) is 1. The van der Waals surface area contributed by atoms with Crippen molar-refractivity contribution >= 4 is 0 Å². The number of aromatic nitrogens is 2. The lowest BCUT2D eigenvalue weighted by Gasteiger charge is -2.06. The third-order valence-corrected chi connectivity index (χ3v) is 2.25. The first-order valence-electron chi connectivity index (χ1n) is 4.73. The van der Waals surface area contributed by atoms with Crippen molar-refractivity contribution < 1.29 is 9.50 Å². The lowest BCUT2D eigenvalue weighted by atomic mass is 10.1. The molecule has 1 aromatic carbocycles. The lowest BCUT2D eigenvalue weighted by Crippen LogP contribution is -1.98. The van der Waals surface area contributed by atoms with Gasteiger partial charge in [-0.05, 0) is 31.2 Å². The summed E-state index contributed by atoms with van der Waals surface area (Å²) in [6, 6.07) is 5.62. The van der Waals surface area contributed by atoms with E-state index in [4.69, 9.17) is 0 Å². The van der Waals surface area contributed by atoms with Gasteiger partial charge in [0, 0.05) is 18.3 Å². The molecular weight excluding hydrogens is 195 g/mol. The van der Waals surface area contributed by atoms with Gasteiger partial charge in [-0.1, -0.05) is 0 Å². The molecular formula is C11H11FN2O. The van der Waals surface area contributed by atoms with Crippen molar-refractivity contribution in [2.45, 2.75) is 13.5 Å². The molecule has 78 valence electrons. The Morgan fingerprint density at radius 1 is 1.40 bits per heavy atom. The van der Waals surface area contributed by atoms with E-state index >= 15 is 0 Å². The third-order valence-electron chi connectivity index (χ3n) is 2.25. The number of hydrogen-bond acceptors (Lipinski definition) is 2. The Hall–Kier alpha value is -1.84. The molecule has 3 nitrogen and oxygen atoms in total. The Balaban J connectivity index is 2.58. The zero-order chi connectivity index (χ0) is 10.8. The second-order valence-corrected chi connectivity index (χ2v) is 3.19. The monoisotopic (exact) mass is 206 g/mol. The van der Waals surface area contributed by atoms with Crippen molar-refractivity contribution in [1.82, 2.24) is 9.78 Å². The number of aromatic hydroxyl groups is 1. The Morgan fingerprint density at radius 2 is 2.20 bits per heavy atom. The number of halogens is 1. The summed E-state index contributed by atoms with van der Waals surface area (Å²) < 4.78 is 14.7. The summed E-state index contributed by atoms with van der Waals surface area (Å²) in [5.41, 5.74) is 1.18. The van der Waals surface area contributed by atoms with E-state index < -0.39 is 0 Å². The number of rotatable bonds is 2. The van der Waals surface area contributed by atoms with E-state index in [-0.39, 0.29) is 11.6 Å². The molecule has 2 aromatic rings. The first-order valence-corrected chi connectivity index (χ1v) is 4.73. The second kappa shape index (κ2) is 3.73. The fraction of sp³-hybridized carbons (Fsp3) is 0.182. The summed E-state index contributed by atoms with van der Waals surface area (Å²) in [6.07, 6.45) is 1.63. The van der Waals surface area contributed by atoms with Crippen LogP contribution in [0.1, 0.15) is 6.92 Å². The van der Waals surface area contributed by atoms with Crippen LogP contribution in [0.25, 0.3) is 11.3 Å². The summed E-state index contributed by atoms with van der Waals surface area (Å²) in [5, 5.41) is 13.7. The van der Waals surface area contributed by atoms with Gasteiger partial charge in [0.1, 0.15) is 11.6 Å². The normalized spacial score (nSPS) is 10.5. The molecule has 0 atom stereocenters. The highest BCUT2D eigenvalue weighted by Gasteiger charge is 2.09. The van der Waals surface area contributed by atoms with E-state index in [0.29, 0.717) is 12.1 Å². The summed E-state index contributed by atoms with van der Waals surface area (Å²) in [6.45, 7) is 2.62. The third kappa shape index (κ3) is 1.70. The Bertz CT molecular complexity index is 479. The van der Waals surface area contributed by atoms with Gasteiger partial charge >= 0.3 is 0 Å². The minimum atomic E-state index is -0.369. The van der Waals surface area contributed by atoms with Crippen molar-refractivity contribution in [3.63, 3.8) is 0 Å². The van der Waals surface area contributed by atoms with E-state index in [9.17, 15) is 9.50 Å². The molecule has 0 aliphatic heterocycles. The molecule has 0 radical (unpaired) electrons. The van der Waals surface area contributed by atoms with E-state index in [1.54, 1.807) is 16.9 Å². The second-order valence-electron chi connectivity index (χ2n) is 3.19. The van der Waals surface area contributed by atoms with Crippen molar-refractivity contribution in [1.29, 1.82) is 0 Å². The van der Waals surface area contributed by atoms with Crippen molar-refractivity contribution in [3.8, 4) is 17.0 Å². The van der Waals surface area contributed by atoms with Gasteiger partial charge in [0.15, 0.2) is 0 Å². The summed E-state index contributed by atoms with van der Waals surface area (Å²) in [4.78, 5) is 0. The van der Waals surface area contributed by atoms with Crippen LogP contribution in [0, 0.1) is 5.82 Å². The molecule has 0 aliphatic rings. The zero-order valence-corrected chi connectivity index (χ0v) is 8.31. The van der Waals surface area contributed by atoms with Crippen LogP contribution in [0.5, 0.6) is 5.75 Å². The predicted octanol–water partition coefficient (Wildman–Crippen LogP) is 2.41. The van der Waals surface area contributed by atoms with Gasteiger partial charge in [-0.25, -0.2) is 4.39 Å². The van der Waals surface area contributed by atoms with Gasteiger partial charge < -0.3 is 5.11 Å². The lowest BCUT2D eigenvalue weighted by molar-refractivity contribution is 0.474. The van der Waals surface area contributed by atoms with Crippen LogP contribution in [0.3, 0.4) is 0 Å². The molecule has 0 aliphatic carbocycles. The highest BCUT2D eigenvalue weighted by atomic mass is 19.1. The van der Waals surface area contributed by atoms with E-state index in [2.05, 4.69) is 5.10 Å². The quantitative estimate of drug-likeness (QED) is 0.819. The standard InChI is InChI=1S/C11H11FN2O/c1-2-14-10(5-6-13-14)9-7-8(12)3-4-11(9)15/h3-7,15H,2H2,1H3. The number of benzene rings is 1. The highest BCUT2D eigenvalue weighted by molar-refractivity contribution is 5.66. The number of aryl methyl sites for hydroxylation is 1. The summed E-state index contributed by atoms with van der Waals surface area (Å²) in [7, 11) is 0. The number of phenols is 1. The van der Waals surface area contributed by atoms with Crippen LogP contribution in [0.15, 0.2) is 30.5 Å². The van der Waals surface area contributed by atoms with Gasteiger partial charge in [0.25, 0.3) is 0 Å². The molecule has 0 saturated heterocycles. The van der Waals surface area contributed by atoms with Gasteiger partial charge in [-0.15, -0.1) is 0 Å². The minimum absolute atomic E-state index is 0.0617. The molecule has 2 rings (SSSR count). The molecule has 1 N–H and O–H groups in total.